The number of aromatic nitrogens is 2. The van der Waals surface area contributed by atoms with Gasteiger partial charge in [-0.1, -0.05) is 50.8 Å². The van der Waals surface area contributed by atoms with Crippen LogP contribution in [0.15, 0.2) is 76.7 Å². The zero-order valence-corrected chi connectivity index (χ0v) is 25.0. The molecule has 0 bridgehead atoms. The molecule has 2 rings (SSSR count). The number of halogens is 3. The molecule has 11 heteroatoms. The van der Waals surface area contributed by atoms with Gasteiger partial charge >= 0.3 is 6.18 Å². The molecule has 7 nitrogen and oxygen atoms in total. The molecule has 0 saturated heterocycles. The van der Waals surface area contributed by atoms with Gasteiger partial charge < -0.3 is 15.7 Å². The third-order valence-electron chi connectivity index (χ3n) is 5.01. The number of hydrogen-bond donors (Lipinski definition) is 3. The molecule has 0 fully saturated rings. The van der Waals surface area contributed by atoms with Crippen molar-refractivity contribution in [3.63, 3.8) is 0 Å². The van der Waals surface area contributed by atoms with Gasteiger partial charge in [0.1, 0.15) is 6.33 Å². The van der Waals surface area contributed by atoms with Crippen LogP contribution in [0.25, 0.3) is 11.8 Å². The summed E-state index contributed by atoms with van der Waals surface area (Å²) in [6.45, 7) is 9.84. The van der Waals surface area contributed by atoms with E-state index in [1.165, 1.54) is 10.9 Å². The summed E-state index contributed by atoms with van der Waals surface area (Å²) in [5, 5.41) is 7.00. The first-order chi connectivity index (χ1) is 18.8. The number of rotatable bonds is 11. The number of nitrogens with two attached hydrogens (primary N) is 1. The molecule has 0 radical (unpaired) electrons. The highest BCUT2D eigenvalue weighted by Gasteiger charge is 2.16. The summed E-state index contributed by atoms with van der Waals surface area (Å²) in [5.41, 5.74) is 10.0. The lowest BCUT2D eigenvalue weighted by atomic mass is 10.2. The van der Waals surface area contributed by atoms with Crippen molar-refractivity contribution < 1.29 is 18.3 Å². The average molecular weight is 582 g/mol. The van der Waals surface area contributed by atoms with Crippen LogP contribution in [-0.2, 0) is 0 Å². The Bertz CT molecular complexity index is 1200. The monoisotopic (exact) mass is 581 g/mol. The van der Waals surface area contributed by atoms with Gasteiger partial charge in [0.2, 0.25) is 0 Å². The van der Waals surface area contributed by atoms with Gasteiger partial charge in [0, 0.05) is 20.6 Å². The SMILES string of the molecule is C=C\C(=C/C=C/C=C/c1ncn(-c2ccc(N(CCC)CN(C)C)c(N)c2)c(=O)c1S)CC.CC(F)(F)F.CO. The molecule has 0 saturated carbocycles. The van der Waals surface area contributed by atoms with Crippen LogP contribution in [-0.4, -0.2) is 60.2 Å². The Morgan fingerprint density at radius 1 is 1.20 bits per heavy atom. The van der Waals surface area contributed by atoms with E-state index in [1.54, 1.807) is 12.1 Å². The molecule has 1 heterocycles. The Morgan fingerprint density at radius 3 is 2.33 bits per heavy atom. The van der Waals surface area contributed by atoms with Crippen LogP contribution in [0.3, 0.4) is 0 Å². The summed E-state index contributed by atoms with van der Waals surface area (Å²) in [7, 11) is 5.05. The van der Waals surface area contributed by atoms with Crippen LogP contribution < -0.4 is 16.2 Å². The highest BCUT2D eigenvalue weighted by atomic mass is 32.1. The molecule has 0 amide bonds. The van der Waals surface area contributed by atoms with Gasteiger partial charge in [-0.15, -0.1) is 12.6 Å². The summed E-state index contributed by atoms with van der Waals surface area (Å²) in [5.74, 6) is 0. The van der Waals surface area contributed by atoms with Crippen molar-refractivity contribution in [1.29, 1.82) is 0 Å². The minimum Gasteiger partial charge on any atom is -0.400 e. The van der Waals surface area contributed by atoms with Crippen molar-refractivity contribution in [1.82, 2.24) is 14.5 Å². The second kappa shape index (κ2) is 18.9. The molecule has 0 atom stereocenters. The van der Waals surface area contributed by atoms with Crippen LogP contribution in [0, 0.1) is 0 Å². The summed E-state index contributed by atoms with van der Waals surface area (Å²) in [6.07, 6.45) is 10.7. The first-order valence-corrected chi connectivity index (χ1v) is 13.0. The standard InChI is InChI=1S/C26H35N5OS.C2H3F3.CH4O/c1-6-16-30(19-29(4)5)24-15-14-21(17-22(24)27)31-18-28-23(25(33)26(31)32)13-11-9-10-12-20(7-2)8-3;1-2(3,4)5;1-2/h7,9-15,17-18,33H,2,6,8,16,19,27H2,1,3-5H3;1H3;2H,1H3/b10-9+,13-11+,20-12+;;. The number of alkyl halides is 3. The maximum Gasteiger partial charge on any atom is 0.386 e. The van der Waals surface area contributed by atoms with E-state index in [0.717, 1.165) is 44.4 Å². The van der Waals surface area contributed by atoms with Gasteiger partial charge in [-0.25, -0.2) is 4.98 Å². The number of anilines is 2. The van der Waals surface area contributed by atoms with Crippen LogP contribution in [0.1, 0.15) is 39.3 Å². The Balaban J connectivity index is 0.00000195. The highest BCUT2D eigenvalue weighted by Crippen LogP contribution is 2.26. The van der Waals surface area contributed by atoms with E-state index in [0.29, 0.717) is 17.1 Å². The lowest BCUT2D eigenvalue weighted by Gasteiger charge is -2.29. The normalized spacial score (nSPS) is 11.8. The number of aliphatic hydroxyl groups excluding tert-OH is 1. The average Bonchev–Trinajstić information content (AvgIpc) is 2.88. The summed E-state index contributed by atoms with van der Waals surface area (Å²) >= 11 is 4.42. The Kier molecular flexibility index (Phi) is 17.4. The second-order valence-electron chi connectivity index (χ2n) is 8.71. The van der Waals surface area contributed by atoms with Gasteiger partial charge in [-0.3, -0.25) is 14.3 Å². The molecule has 0 unspecified atom stereocenters. The minimum atomic E-state index is -4.00. The molecule has 222 valence electrons. The maximum atomic E-state index is 12.9. The topological polar surface area (TPSA) is 87.6 Å². The molecule has 0 aliphatic rings. The number of aliphatic hydroxyl groups is 1. The number of nitrogen functional groups attached to an aromatic ring is 1. The van der Waals surface area contributed by atoms with E-state index in [-0.39, 0.29) is 17.4 Å². The molecule has 0 aliphatic heterocycles. The quantitative estimate of drug-likeness (QED) is 0.129. The van der Waals surface area contributed by atoms with Gasteiger partial charge in [0.25, 0.3) is 5.56 Å². The summed E-state index contributed by atoms with van der Waals surface area (Å²) in [4.78, 5) is 22.0. The molecule has 0 spiro atoms. The third-order valence-corrected chi connectivity index (χ3v) is 5.43. The number of nitrogens with zero attached hydrogens (tertiary/aromatic N) is 4. The Hall–Kier alpha value is -3.28. The largest absolute Gasteiger partial charge is 0.400 e. The first kappa shape index (κ1) is 36.7. The molecule has 2 aromatic rings. The van der Waals surface area contributed by atoms with Crippen molar-refractivity contribution in [3.8, 4) is 5.69 Å². The molecule has 1 aromatic heterocycles. The fraction of sp³-hybridized carbons (Fsp3) is 0.379. The fourth-order valence-electron chi connectivity index (χ4n) is 3.34. The van der Waals surface area contributed by atoms with Crippen molar-refractivity contribution in [2.24, 2.45) is 0 Å². The molecular weight excluding hydrogens is 539 g/mol. The third kappa shape index (κ3) is 13.7. The lowest BCUT2D eigenvalue weighted by molar-refractivity contribution is -0.110. The molecular formula is C29H42F3N5O2S. The number of benzene rings is 1. The van der Waals surface area contributed by atoms with Crippen molar-refractivity contribution in [2.75, 3.05) is 45.1 Å². The van der Waals surface area contributed by atoms with Crippen molar-refractivity contribution in [3.05, 3.63) is 83.1 Å². The number of hydrogen-bond acceptors (Lipinski definition) is 7. The molecule has 3 N–H and O–H groups in total. The van der Waals surface area contributed by atoms with Crippen molar-refractivity contribution >= 4 is 30.1 Å². The van der Waals surface area contributed by atoms with E-state index in [1.807, 2.05) is 56.6 Å². The number of allylic oxidation sites excluding steroid dienone is 6. The molecule has 0 aliphatic carbocycles. The first-order valence-electron chi connectivity index (χ1n) is 12.6. The van der Waals surface area contributed by atoms with Crippen molar-refractivity contribution in [2.45, 2.75) is 44.7 Å². The summed E-state index contributed by atoms with van der Waals surface area (Å²) < 4.78 is 32.5. The van der Waals surface area contributed by atoms with Crippen LogP contribution >= 0.6 is 12.6 Å². The molecule has 1 aromatic carbocycles. The predicted molar refractivity (Wildman–Crippen MR) is 164 cm³/mol. The zero-order chi connectivity index (χ0) is 30.9. The van der Waals surface area contributed by atoms with E-state index in [2.05, 4.69) is 47.8 Å². The van der Waals surface area contributed by atoms with Gasteiger partial charge in [-0.2, -0.15) is 13.2 Å². The van der Waals surface area contributed by atoms with E-state index < -0.39 is 6.18 Å². The van der Waals surface area contributed by atoms with E-state index >= 15 is 0 Å². The predicted octanol–water partition coefficient (Wildman–Crippen LogP) is 6.11. The summed E-state index contributed by atoms with van der Waals surface area (Å²) in [6, 6.07) is 5.64. The van der Waals surface area contributed by atoms with E-state index in [4.69, 9.17) is 10.8 Å². The maximum absolute atomic E-state index is 12.9. The van der Waals surface area contributed by atoms with Crippen LogP contribution in [0.2, 0.25) is 0 Å². The second-order valence-corrected chi connectivity index (χ2v) is 9.15. The lowest BCUT2D eigenvalue weighted by Crippen LogP contribution is -2.34. The fourth-order valence-corrected chi connectivity index (χ4v) is 3.58. The van der Waals surface area contributed by atoms with Gasteiger partial charge in [-0.05, 0) is 56.8 Å². The zero-order valence-electron chi connectivity index (χ0n) is 24.1. The van der Waals surface area contributed by atoms with E-state index in [9.17, 15) is 18.0 Å². The molecule has 40 heavy (non-hydrogen) atoms. The van der Waals surface area contributed by atoms with Gasteiger partial charge in [0.05, 0.1) is 34.3 Å². The Labute approximate surface area is 241 Å². The van der Waals surface area contributed by atoms with Crippen LogP contribution in [0.5, 0.6) is 0 Å². The van der Waals surface area contributed by atoms with Gasteiger partial charge in [0.15, 0.2) is 0 Å². The minimum absolute atomic E-state index is 0.188. The smallest absolute Gasteiger partial charge is 0.386 e. The number of thiol groups is 1. The Morgan fingerprint density at radius 2 is 1.82 bits per heavy atom. The highest BCUT2D eigenvalue weighted by molar-refractivity contribution is 7.80. The van der Waals surface area contributed by atoms with Crippen LogP contribution in [0.4, 0.5) is 24.5 Å².